The minimum Gasteiger partial charge on any atom is -0.364 e. The molecule has 82 valence electrons. The molecule has 0 saturated heterocycles. The molecule has 0 saturated carbocycles. The monoisotopic (exact) mass is 214 g/mol. The maximum atomic E-state index is 5.49. The number of nitrogens with zero attached hydrogens (tertiary/aromatic N) is 2. The van der Waals surface area contributed by atoms with E-state index in [1.54, 1.807) is 12.4 Å². The Kier molecular flexibility index (Phi) is 3.46. The summed E-state index contributed by atoms with van der Waals surface area (Å²) in [6, 6.07) is 9.73. The van der Waals surface area contributed by atoms with Crippen LogP contribution in [0.5, 0.6) is 0 Å². The van der Waals surface area contributed by atoms with E-state index in [1.165, 1.54) is 0 Å². The van der Waals surface area contributed by atoms with Crippen molar-refractivity contribution in [3.63, 3.8) is 0 Å². The Morgan fingerprint density at radius 1 is 1.12 bits per heavy atom. The highest BCUT2D eigenvalue weighted by molar-refractivity contribution is 5.35. The molecule has 0 spiro atoms. The molecule has 0 aliphatic rings. The summed E-state index contributed by atoms with van der Waals surface area (Å²) in [5.41, 5.74) is 7.52. The number of hydrogen-bond acceptors (Lipinski definition) is 4. The molecule has 0 aromatic carbocycles. The summed E-state index contributed by atoms with van der Waals surface area (Å²) in [5, 5.41) is 3.20. The molecule has 0 radical (unpaired) electrons. The van der Waals surface area contributed by atoms with Gasteiger partial charge in [-0.05, 0) is 23.8 Å². The number of anilines is 1. The summed E-state index contributed by atoms with van der Waals surface area (Å²) in [7, 11) is 0. The number of rotatable bonds is 4. The van der Waals surface area contributed by atoms with Gasteiger partial charge in [0.2, 0.25) is 0 Å². The van der Waals surface area contributed by atoms with Crippen LogP contribution in [-0.4, -0.2) is 9.97 Å². The Morgan fingerprint density at radius 2 is 2.06 bits per heavy atom. The Labute approximate surface area is 94.5 Å². The zero-order valence-corrected chi connectivity index (χ0v) is 8.93. The molecule has 16 heavy (non-hydrogen) atoms. The van der Waals surface area contributed by atoms with Crippen molar-refractivity contribution in [2.45, 2.75) is 13.1 Å². The average molecular weight is 214 g/mol. The van der Waals surface area contributed by atoms with E-state index >= 15 is 0 Å². The van der Waals surface area contributed by atoms with E-state index in [0.717, 1.165) is 17.1 Å². The first-order valence-corrected chi connectivity index (χ1v) is 5.17. The first-order chi connectivity index (χ1) is 7.88. The van der Waals surface area contributed by atoms with Crippen LogP contribution >= 0.6 is 0 Å². The predicted molar refractivity (Wildman–Crippen MR) is 63.7 cm³/mol. The lowest BCUT2D eigenvalue weighted by molar-refractivity contribution is 1.01. The molecule has 0 fully saturated rings. The van der Waals surface area contributed by atoms with Gasteiger partial charge in [0, 0.05) is 18.9 Å². The van der Waals surface area contributed by atoms with Gasteiger partial charge in [-0.1, -0.05) is 12.1 Å². The second-order valence-electron chi connectivity index (χ2n) is 3.43. The maximum Gasteiger partial charge on any atom is 0.126 e. The molecule has 0 aliphatic carbocycles. The third-order valence-corrected chi connectivity index (χ3v) is 2.24. The van der Waals surface area contributed by atoms with Crippen LogP contribution in [0.2, 0.25) is 0 Å². The third-order valence-electron chi connectivity index (χ3n) is 2.24. The normalized spacial score (nSPS) is 10.1. The summed E-state index contributed by atoms with van der Waals surface area (Å²) in [5.74, 6) is 0.836. The minimum absolute atomic E-state index is 0.521. The lowest BCUT2D eigenvalue weighted by Gasteiger charge is -2.05. The van der Waals surface area contributed by atoms with Crippen LogP contribution in [-0.2, 0) is 13.1 Å². The van der Waals surface area contributed by atoms with Gasteiger partial charge in [0.25, 0.3) is 0 Å². The average Bonchev–Trinajstić information content (AvgIpc) is 2.38. The van der Waals surface area contributed by atoms with Gasteiger partial charge >= 0.3 is 0 Å². The first-order valence-electron chi connectivity index (χ1n) is 5.17. The van der Waals surface area contributed by atoms with Crippen molar-refractivity contribution >= 4 is 5.82 Å². The minimum atomic E-state index is 0.521. The Balaban J connectivity index is 1.94. The van der Waals surface area contributed by atoms with Crippen molar-refractivity contribution in [1.29, 1.82) is 0 Å². The summed E-state index contributed by atoms with van der Waals surface area (Å²) in [4.78, 5) is 8.46. The molecule has 0 bridgehead atoms. The highest BCUT2D eigenvalue weighted by Crippen LogP contribution is 2.05. The van der Waals surface area contributed by atoms with Crippen molar-refractivity contribution < 1.29 is 0 Å². The fourth-order valence-electron chi connectivity index (χ4n) is 1.33. The molecular formula is C12H14N4. The van der Waals surface area contributed by atoms with Crippen LogP contribution in [0.15, 0.2) is 42.7 Å². The van der Waals surface area contributed by atoms with Gasteiger partial charge in [0.1, 0.15) is 5.82 Å². The standard InChI is InChI=1S/C12H14N4/c13-7-10-4-5-12(15-8-10)16-9-11-3-1-2-6-14-11/h1-6,8H,7,9,13H2,(H,15,16). The van der Waals surface area contributed by atoms with Gasteiger partial charge in [-0.25, -0.2) is 4.98 Å². The molecule has 3 N–H and O–H groups in total. The van der Waals surface area contributed by atoms with Crippen LogP contribution in [0, 0.1) is 0 Å². The number of nitrogens with two attached hydrogens (primary N) is 1. The van der Waals surface area contributed by atoms with E-state index in [9.17, 15) is 0 Å². The van der Waals surface area contributed by atoms with Crippen LogP contribution in [0.25, 0.3) is 0 Å². The molecule has 0 amide bonds. The van der Waals surface area contributed by atoms with E-state index in [1.807, 2.05) is 30.3 Å². The lowest BCUT2D eigenvalue weighted by atomic mass is 10.3. The summed E-state index contributed by atoms with van der Waals surface area (Å²) in [6.07, 6.45) is 3.56. The van der Waals surface area contributed by atoms with Crippen LogP contribution in [0.1, 0.15) is 11.3 Å². The van der Waals surface area contributed by atoms with E-state index in [0.29, 0.717) is 13.1 Å². The van der Waals surface area contributed by atoms with E-state index in [4.69, 9.17) is 5.73 Å². The molecule has 0 aliphatic heterocycles. The van der Waals surface area contributed by atoms with Gasteiger partial charge in [-0.15, -0.1) is 0 Å². The number of aromatic nitrogens is 2. The summed E-state index contributed by atoms with van der Waals surface area (Å²) < 4.78 is 0. The van der Waals surface area contributed by atoms with Crippen LogP contribution < -0.4 is 11.1 Å². The molecule has 0 atom stereocenters. The fourth-order valence-corrected chi connectivity index (χ4v) is 1.33. The lowest BCUT2D eigenvalue weighted by Crippen LogP contribution is -2.03. The quantitative estimate of drug-likeness (QED) is 0.810. The second-order valence-corrected chi connectivity index (χ2v) is 3.43. The molecule has 2 aromatic rings. The van der Waals surface area contributed by atoms with Crippen LogP contribution in [0.4, 0.5) is 5.82 Å². The summed E-state index contributed by atoms with van der Waals surface area (Å²) in [6.45, 7) is 1.20. The molecule has 4 heteroatoms. The Hall–Kier alpha value is -1.94. The fraction of sp³-hybridized carbons (Fsp3) is 0.167. The van der Waals surface area contributed by atoms with Gasteiger partial charge in [-0.3, -0.25) is 4.98 Å². The Morgan fingerprint density at radius 3 is 2.69 bits per heavy atom. The Bertz CT molecular complexity index is 425. The van der Waals surface area contributed by atoms with Gasteiger partial charge in [0.05, 0.1) is 12.2 Å². The second kappa shape index (κ2) is 5.23. The zero-order chi connectivity index (χ0) is 11.2. The maximum absolute atomic E-state index is 5.49. The largest absolute Gasteiger partial charge is 0.364 e. The van der Waals surface area contributed by atoms with E-state index in [2.05, 4.69) is 15.3 Å². The molecule has 2 aromatic heterocycles. The number of nitrogens with one attached hydrogen (secondary N) is 1. The predicted octanol–water partition coefficient (Wildman–Crippen LogP) is 1.55. The third kappa shape index (κ3) is 2.77. The van der Waals surface area contributed by atoms with E-state index in [-0.39, 0.29) is 0 Å². The van der Waals surface area contributed by atoms with Gasteiger partial charge < -0.3 is 11.1 Å². The molecule has 4 nitrogen and oxygen atoms in total. The number of pyridine rings is 2. The topological polar surface area (TPSA) is 63.8 Å². The first kappa shape index (κ1) is 10.6. The van der Waals surface area contributed by atoms with Crippen molar-refractivity contribution in [2.24, 2.45) is 5.73 Å². The van der Waals surface area contributed by atoms with Crippen molar-refractivity contribution in [3.8, 4) is 0 Å². The summed E-state index contributed by atoms with van der Waals surface area (Å²) >= 11 is 0. The van der Waals surface area contributed by atoms with Crippen LogP contribution in [0.3, 0.4) is 0 Å². The number of hydrogen-bond donors (Lipinski definition) is 2. The SMILES string of the molecule is NCc1ccc(NCc2ccccn2)nc1. The highest BCUT2D eigenvalue weighted by Gasteiger charge is 1.95. The van der Waals surface area contributed by atoms with E-state index < -0.39 is 0 Å². The van der Waals surface area contributed by atoms with Gasteiger partial charge in [0.15, 0.2) is 0 Å². The molecule has 2 heterocycles. The van der Waals surface area contributed by atoms with Gasteiger partial charge in [-0.2, -0.15) is 0 Å². The zero-order valence-electron chi connectivity index (χ0n) is 8.93. The smallest absolute Gasteiger partial charge is 0.126 e. The van der Waals surface area contributed by atoms with Crippen molar-refractivity contribution in [3.05, 3.63) is 54.0 Å². The highest BCUT2D eigenvalue weighted by atomic mass is 15.0. The molecular weight excluding hydrogens is 200 g/mol. The molecule has 0 unspecified atom stereocenters. The van der Waals surface area contributed by atoms with Crippen molar-refractivity contribution in [1.82, 2.24) is 9.97 Å². The molecule has 2 rings (SSSR count). The van der Waals surface area contributed by atoms with Crippen molar-refractivity contribution in [2.75, 3.05) is 5.32 Å².